The molecule has 0 atom stereocenters. The highest BCUT2D eigenvalue weighted by molar-refractivity contribution is 9.10. The van der Waals surface area contributed by atoms with E-state index < -0.39 is 0 Å². The third-order valence-electron chi connectivity index (χ3n) is 3.43. The van der Waals surface area contributed by atoms with Gasteiger partial charge in [-0.15, -0.1) is 0 Å². The van der Waals surface area contributed by atoms with Crippen molar-refractivity contribution in [1.29, 1.82) is 0 Å². The van der Waals surface area contributed by atoms with Gasteiger partial charge in [-0.05, 0) is 30.8 Å². The number of rotatable bonds is 6. The Morgan fingerprint density at radius 2 is 1.90 bits per heavy atom. The molecule has 0 aliphatic heterocycles. The van der Waals surface area contributed by atoms with E-state index in [1.165, 1.54) is 16.8 Å². The molecule has 0 unspecified atom stereocenters. The molecule has 21 heavy (non-hydrogen) atoms. The van der Waals surface area contributed by atoms with Crippen LogP contribution in [0, 0.1) is 0 Å². The number of methoxy groups -OCH3 is 1. The van der Waals surface area contributed by atoms with Crippen LogP contribution in [-0.2, 0) is 13.1 Å². The summed E-state index contributed by atoms with van der Waals surface area (Å²) in [5.41, 5.74) is 3.67. The van der Waals surface area contributed by atoms with Gasteiger partial charge in [0.15, 0.2) is 0 Å². The summed E-state index contributed by atoms with van der Waals surface area (Å²) >= 11 is 3.56. The van der Waals surface area contributed by atoms with Gasteiger partial charge in [-0.3, -0.25) is 0 Å². The van der Waals surface area contributed by atoms with Crippen molar-refractivity contribution in [3.63, 3.8) is 0 Å². The van der Waals surface area contributed by atoms with E-state index in [-0.39, 0.29) is 0 Å². The molecule has 0 saturated heterocycles. The minimum absolute atomic E-state index is 0.803. The smallest absolute Gasteiger partial charge is 0.123 e. The fourth-order valence-electron chi connectivity index (χ4n) is 2.41. The lowest BCUT2D eigenvalue weighted by molar-refractivity contribution is 0.409. The molecule has 0 amide bonds. The summed E-state index contributed by atoms with van der Waals surface area (Å²) in [4.78, 5) is 2.25. The Kier molecular flexibility index (Phi) is 5.65. The zero-order valence-corrected chi connectivity index (χ0v) is 14.3. The minimum atomic E-state index is 0.803. The lowest BCUT2D eigenvalue weighted by atomic mass is 10.1. The van der Waals surface area contributed by atoms with Crippen molar-refractivity contribution in [3.8, 4) is 5.75 Å². The largest absolute Gasteiger partial charge is 0.496 e. The number of hydrogen-bond acceptors (Lipinski definition) is 3. The van der Waals surface area contributed by atoms with Gasteiger partial charge < -0.3 is 15.0 Å². The summed E-state index contributed by atoms with van der Waals surface area (Å²) in [7, 11) is 5.78. The molecule has 1 N–H and O–H groups in total. The molecule has 0 bridgehead atoms. The highest BCUT2D eigenvalue weighted by Gasteiger charge is 2.10. The second kappa shape index (κ2) is 7.48. The molecular formula is C17H21BrN2O. The Balaban J connectivity index is 2.27. The molecule has 0 aliphatic carbocycles. The van der Waals surface area contributed by atoms with E-state index in [2.05, 4.69) is 57.5 Å². The van der Waals surface area contributed by atoms with Gasteiger partial charge in [0.05, 0.1) is 7.11 Å². The molecule has 3 nitrogen and oxygen atoms in total. The number of benzene rings is 2. The number of anilines is 1. The van der Waals surface area contributed by atoms with Crippen molar-refractivity contribution in [1.82, 2.24) is 5.32 Å². The monoisotopic (exact) mass is 348 g/mol. The average molecular weight is 349 g/mol. The molecule has 0 aliphatic rings. The summed E-state index contributed by atoms with van der Waals surface area (Å²) in [5, 5.41) is 3.22. The van der Waals surface area contributed by atoms with Crippen LogP contribution in [0.1, 0.15) is 11.1 Å². The molecule has 0 spiro atoms. The number of ether oxygens (including phenoxy) is 1. The highest BCUT2D eigenvalue weighted by Crippen LogP contribution is 2.27. The number of nitrogens with one attached hydrogen (secondary N) is 1. The van der Waals surface area contributed by atoms with Crippen molar-refractivity contribution in [2.24, 2.45) is 0 Å². The third-order valence-corrected chi connectivity index (χ3v) is 3.92. The van der Waals surface area contributed by atoms with Crippen LogP contribution in [0.4, 0.5) is 5.69 Å². The van der Waals surface area contributed by atoms with Crippen LogP contribution >= 0.6 is 15.9 Å². The molecule has 0 heterocycles. The van der Waals surface area contributed by atoms with E-state index in [9.17, 15) is 0 Å². The van der Waals surface area contributed by atoms with E-state index in [1.807, 2.05) is 25.2 Å². The zero-order chi connectivity index (χ0) is 15.2. The quantitative estimate of drug-likeness (QED) is 0.858. The summed E-state index contributed by atoms with van der Waals surface area (Å²) < 4.78 is 6.52. The molecule has 2 aromatic rings. The first-order valence-electron chi connectivity index (χ1n) is 6.91. The number of nitrogens with zero attached hydrogens (tertiary/aromatic N) is 1. The van der Waals surface area contributed by atoms with Crippen molar-refractivity contribution in [2.75, 3.05) is 26.1 Å². The van der Waals surface area contributed by atoms with Crippen LogP contribution in [0.25, 0.3) is 0 Å². The molecule has 0 aromatic heterocycles. The number of hydrogen-bond donors (Lipinski definition) is 1. The Bertz CT molecular complexity index is 601. The lowest BCUT2D eigenvalue weighted by Gasteiger charge is -2.24. The summed E-state index contributed by atoms with van der Waals surface area (Å²) in [6.45, 7) is 1.65. The summed E-state index contributed by atoms with van der Waals surface area (Å²) in [6, 6.07) is 14.5. The Morgan fingerprint density at radius 1 is 1.14 bits per heavy atom. The van der Waals surface area contributed by atoms with Crippen molar-refractivity contribution in [3.05, 3.63) is 58.1 Å². The molecule has 112 valence electrons. The molecule has 2 rings (SSSR count). The zero-order valence-electron chi connectivity index (χ0n) is 12.7. The molecular weight excluding hydrogens is 328 g/mol. The first-order chi connectivity index (χ1) is 10.2. The SMILES string of the molecule is CNCc1ccc(Br)cc1N(C)Cc1ccccc1OC. The van der Waals surface area contributed by atoms with E-state index in [1.54, 1.807) is 7.11 Å². The van der Waals surface area contributed by atoms with E-state index in [0.29, 0.717) is 0 Å². The molecule has 0 radical (unpaired) electrons. The average Bonchev–Trinajstić information content (AvgIpc) is 2.49. The fraction of sp³-hybridized carbons (Fsp3) is 0.294. The van der Waals surface area contributed by atoms with E-state index in [0.717, 1.165) is 23.3 Å². The van der Waals surface area contributed by atoms with Crippen LogP contribution in [0.15, 0.2) is 46.9 Å². The normalized spacial score (nSPS) is 10.5. The van der Waals surface area contributed by atoms with Crippen molar-refractivity contribution >= 4 is 21.6 Å². The lowest BCUT2D eigenvalue weighted by Crippen LogP contribution is -2.20. The maximum Gasteiger partial charge on any atom is 0.123 e. The van der Waals surface area contributed by atoms with Gasteiger partial charge >= 0.3 is 0 Å². The van der Waals surface area contributed by atoms with Crippen molar-refractivity contribution < 1.29 is 4.74 Å². The maximum atomic E-state index is 5.44. The fourth-order valence-corrected chi connectivity index (χ4v) is 2.76. The standard InChI is InChI=1S/C17H21BrN2O/c1-19-11-13-8-9-15(18)10-16(13)20(2)12-14-6-4-5-7-17(14)21-3/h4-10,19H,11-12H2,1-3H3. The van der Waals surface area contributed by atoms with Gasteiger partial charge in [-0.2, -0.15) is 0 Å². The van der Waals surface area contributed by atoms with Gasteiger partial charge in [-0.1, -0.05) is 40.2 Å². The number of para-hydroxylation sites is 1. The van der Waals surface area contributed by atoms with Crippen LogP contribution in [0.2, 0.25) is 0 Å². The molecule has 4 heteroatoms. The van der Waals surface area contributed by atoms with Crippen LogP contribution in [-0.4, -0.2) is 21.2 Å². The Morgan fingerprint density at radius 3 is 2.62 bits per heavy atom. The second-order valence-electron chi connectivity index (χ2n) is 4.97. The van der Waals surface area contributed by atoms with Crippen LogP contribution < -0.4 is 15.0 Å². The molecule has 0 saturated carbocycles. The predicted octanol–water partition coefficient (Wildman–Crippen LogP) is 3.81. The molecule has 0 fully saturated rings. The summed E-state index contributed by atoms with van der Waals surface area (Å²) in [6.07, 6.45) is 0. The van der Waals surface area contributed by atoms with Gasteiger partial charge in [0, 0.05) is 35.9 Å². The Labute approximate surface area is 135 Å². The summed E-state index contributed by atoms with van der Waals surface area (Å²) in [5.74, 6) is 0.925. The highest BCUT2D eigenvalue weighted by atomic mass is 79.9. The van der Waals surface area contributed by atoms with Gasteiger partial charge in [0.25, 0.3) is 0 Å². The Hall–Kier alpha value is -1.52. The third kappa shape index (κ3) is 3.99. The second-order valence-corrected chi connectivity index (χ2v) is 5.89. The predicted molar refractivity (Wildman–Crippen MR) is 92.0 cm³/mol. The molecule has 2 aromatic carbocycles. The van der Waals surface area contributed by atoms with Crippen LogP contribution in [0.3, 0.4) is 0 Å². The van der Waals surface area contributed by atoms with Gasteiger partial charge in [-0.25, -0.2) is 0 Å². The maximum absolute atomic E-state index is 5.44. The van der Waals surface area contributed by atoms with E-state index in [4.69, 9.17) is 4.74 Å². The first kappa shape index (κ1) is 15.9. The van der Waals surface area contributed by atoms with E-state index >= 15 is 0 Å². The van der Waals surface area contributed by atoms with Crippen molar-refractivity contribution in [2.45, 2.75) is 13.1 Å². The number of halogens is 1. The topological polar surface area (TPSA) is 24.5 Å². The minimum Gasteiger partial charge on any atom is -0.496 e. The first-order valence-corrected chi connectivity index (χ1v) is 7.71. The van der Waals surface area contributed by atoms with Crippen LogP contribution in [0.5, 0.6) is 5.75 Å². The van der Waals surface area contributed by atoms with Gasteiger partial charge in [0.2, 0.25) is 0 Å². The van der Waals surface area contributed by atoms with Gasteiger partial charge in [0.1, 0.15) is 5.75 Å².